The lowest BCUT2D eigenvalue weighted by atomic mass is 10.3. The monoisotopic (exact) mass is 333 g/mol. The van der Waals surface area contributed by atoms with E-state index in [1.807, 2.05) is 6.07 Å². The lowest BCUT2D eigenvalue weighted by Crippen LogP contribution is -2.51. The molecule has 0 amide bonds. The fourth-order valence-corrected chi connectivity index (χ4v) is 11.1. The van der Waals surface area contributed by atoms with E-state index in [1.165, 1.54) is 0 Å². The van der Waals surface area contributed by atoms with Gasteiger partial charge in [0.05, 0.1) is 11.6 Å². The van der Waals surface area contributed by atoms with Crippen molar-refractivity contribution in [2.45, 2.75) is 58.2 Å². The second-order valence-electron chi connectivity index (χ2n) is 6.84. The number of halogens is 1. The second-order valence-corrected chi connectivity index (χ2v) is 12.9. The zero-order valence-corrected chi connectivity index (χ0v) is 15.9. The first kappa shape index (κ1) is 17.0. The first-order valence-corrected chi connectivity index (χ1v) is 10.4. The fourth-order valence-electron chi connectivity index (χ4n) is 4.27. The summed E-state index contributed by atoms with van der Waals surface area (Å²) in [6.45, 7) is 21.2. The molecule has 2 rings (SSSR count). The summed E-state index contributed by atoms with van der Waals surface area (Å²) in [6, 6.07) is 2.02. The highest BCUT2D eigenvalue weighted by Gasteiger charge is 2.46. The van der Waals surface area contributed by atoms with Crippen molar-refractivity contribution in [3.63, 3.8) is 0 Å². The van der Waals surface area contributed by atoms with Crippen molar-refractivity contribution in [3.05, 3.63) is 34.9 Å². The van der Waals surface area contributed by atoms with E-state index in [-0.39, 0.29) is 0 Å². The van der Waals surface area contributed by atoms with E-state index in [0.717, 1.165) is 11.0 Å². The van der Waals surface area contributed by atoms with Gasteiger partial charge in [-0.3, -0.25) is 4.98 Å². The minimum atomic E-state index is -1.85. The summed E-state index contributed by atoms with van der Waals surface area (Å²) >= 11 is 6.39. The molecule has 0 radical (unpaired) electrons. The van der Waals surface area contributed by atoms with Gasteiger partial charge in [-0.2, -0.15) is 0 Å². The minimum Gasteiger partial charge on any atom is -0.359 e. The summed E-state index contributed by atoms with van der Waals surface area (Å²) in [5.41, 5.74) is 3.12. The number of fused-ring (bicyclic) bond motifs is 1. The highest BCUT2D eigenvalue weighted by Crippen LogP contribution is 2.45. The van der Waals surface area contributed by atoms with Crippen LogP contribution in [0.3, 0.4) is 0 Å². The lowest BCUT2D eigenvalue weighted by Gasteiger charge is -2.44. The van der Waals surface area contributed by atoms with Crippen molar-refractivity contribution >= 4 is 36.6 Å². The Morgan fingerprint density at radius 2 is 1.68 bits per heavy atom. The van der Waals surface area contributed by atoms with Crippen LogP contribution in [0.2, 0.25) is 21.6 Å². The van der Waals surface area contributed by atoms with E-state index in [2.05, 4.69) is 61.8 Å². The zero-order chi connectivity index (χ0) is 16.7. The molecule has 0 aromatic carbocycles. The van der Waals surface area contributed by atoms with Crippen molar-refractivity contribution in [2.24, 2.45) is 0 Å². The Kier molecular flexibility index (Phi) is 4.69. The molecular weight excluding hydrogens is 310 g/mol. The van der Waals surface area contributed by atoms with Crippen LogP contribution in [0.1, 0.15) is 41.5 Å². The van der Waals surface area contributed by atoms with Crippen LogP contribution in [0.25, 0.3) is 15.9 Å². The van der Waals surface area contributed by atoms with E-state index in [1.54, 1.807) is 6.20 Å². The Balaban J connectivity index is 2.83. The normalized spacial score (nSPS) is 12.6. The molecule has 0 aliphatic rings. The number of aromatic nitrogens is 2. The van der Waals surface area contributed by atoms with Gasteiger partial charge in [-0.1, -0.05) is 53.1 Å². The summed E-state index contributed by atoms with van der Waals surface area (Å²) in [7, 11) is -1.85. The molecule has 0 saturated heterocycles. The highest BCUT2D eigenvalue weighted by atomic mass is 35.5. The van der Waals surface area contributed by atoms with Gasteiger partial charge >= 0.3 is 0 Å². The van der Waals surface area contributed by atoms with Gasteiger partial charge in [0.25, 0.3) is 0 Å². The molecule has 0 unspecified atom stereocenters. The number of pyridine rings is 1. The molecule has 5 heteroatoms. The van der Waals surface area contributed by atoms with Gasteiger partial charge in [-0.25, -0.2) is 4.85 Å². The standard InChI is InChI=1S/C17H24ClN3Si/c1-11(2)22(12(3)4,13(5)6)21-9-8-14-16(18)15(19-7)10-20-17(14)21/h8-13H,1-6H3. The quantitative estimate of drug-likeness (QED) is 0.477. The molecular formula is C17H24ClN3Si. The first-order chi connectivity index (χ1) is 10.3. The predicted octanol–water partition coefficient (Wildman–Crippen LogP) is 6.26. The Bertz CT molecular complexity index is 704. The van der Waals surface area contributed by atoms with E-state index in [4.69, 9.17) is 18.2 Å². The summed E-state index contributed by atoms with van der Waals surface area (Å²) in [5, 5.41) is 1.42. The zero-order valence-electron chi connectivity index (χ0n) is 14.2. The van der Waals surface area contributed by atoms with Crippen LogP contribution in [-0.2, 0) is 0 Å². The SMILES string of the molecule is [C-]#[N+]c1cnc2c(ccn2[Si](C(C)C)(C(C)C)C(C)C)c1Cl. The molecule has 0 aliphatic carbocycles. The second kappa shape index (κ2) is 6.06. The molecule has 118 valence electrons. The van der Waals surface area contributed by atoms with E-state index < -0.39 is 8.24 Å². The summed E-state index contributed by atoms with van der Waals surface area (Å²) in [6.07, 6.45) is 3.75. The maximum absolute atomic E-state index is 7.20. The molecule has 0 saturated carbocycles. The summed E-state index contributed by atoms with van der Waals surface area (Å²) < 4.78 is 2.42. The maximum atomic E-state index is 7.20. The van der Waals surface area contributed by atoms with Gasteiger partial charge < -0.3 is 4.23 Å². The molecule has 0 spiro atoms. The number of hydrogen-bond acceptors (Lipinski definition) is 1. The molecule has 0 fully saturated rings. The molecule has 2 aromatic heterocycles. The third-order valence-electron chi connectivity index (χ3n) is 4.94. The summed E-state index contributed by atoms with van der Waals surface area (Å²) in [5.74, 6) is 0. The maximum Gasteiger partial charge on any atom is 0.224 e. The van der Waals surface area contributed by atoms with Crippen molar-refractivity contribution in [2.75, 3.05) is 0 Å². The van der Waals surface area contributed by atoms with Gasteiger partial charge in [0.15, 0.2) is 8.24 Å². The van der Waals surface area contributed by atoms with Crippen LogP contribution in [0.15, 0.2) is 18.5 Å². The smallest absolute Gasteiger partial charge is 0.224 e. The van der Waals surface area contributed by atoms with Crippen LogP contribution >= 0.6 is 11.6 Å². The topological polar surface area (TPSA) is 22.2 Å². The summed E-state index contributed by atoms with van der Waals surface area (Å²) in [4.78, 5) is 8.04. The Hall–Kier alpha value is -1.31. The molecule has 0 bridgehead atoms. The van der Waals surface area contributed by atoms with E-state index >= 15 is 0 Å². The molecule has 2 heterocycles. The van der Waals surface area contributed by atoms with Gasteiger partial charge in [0, 0.05) is 11.6 Å². The molecule has 0 N–H and O–H groups in total. The number of rotatable bonds is 4. The largest absolute Gasteiger partial charge is 0.359 e. The van der Waals surface area contributed by atoms with Crippen molar-refractivity contribution in [3.8, 4) is 0 Å². The van der Waals surface area contributed by atoms with Crippen molar-refractivity contribution < 1.29 is 0 Å². The highest BCUT2D eigenvalue weighted by molar-refractivity contribution is 6.82. The van der Waals surface area contributed by atoms with Gasteiger partial charge in [-0.05, 0) is 28.9 Å². The molecule has 3 nitrogen and oxygen atoms in total. The molecule has 0 aliphatic heterocycles. The molecule has 0 atom stereocenters. The van der Waals surface area contributed by atoms with Gasteiger partial charge in [0.2, 0.25) is 5.69 Å². The molecule has 22 heavy (non-hydrogen) atoms. The van der Waals surface area contributed by atoms with Crippen molar-refractivity contribution in [1.82, 2.24) is 9.22 Å². The van der Waals surface area contributed by atoms with Crippen LogP contribution in [0.5, 0.6) is 0 Å². The Morgan fingerprint density at radius 3 is 2.14 bits per heavy atom. The average molecular weight is 334 g/mol. The third-order valence-corrected chi connectivity index (χ3v) is 12.1. The van der Waals surface area contributed by atoms with Crippen molar-refractivity contribution in [1.29, 1.82) is 0 Å². The van der Waals surface area contributed by atoms with E-state index in [9.17, 15) is 0 Å². The van der Waals surface area contributed by atoms with Gasteiger partial charge in [0.1, 0.15) is 5.65 Å². The molecule has 2 aromatic rings. The average Bonchev–Trinajstić information content (AvgIpc) is 2.84. The lowest BCUT2D eigenvalue weighted by molar-refractivity contribution is 0.770. The number of hydrogen-bond donors (Lipinski definition) is 0. The first-order valence-electron chi connectivity index (χ1n) is 7.81. The van der Waals surface area contributed by atoms with Crippen LogP contribution < -0.4 is 0 Å². The van der Waals surface area contributed by atoms with Gasteiger partial charge in [-0.15, -0.1) is 0 Å². The Morgan fingerprint density at radius 1 is 1.14 bits per heavy atom. The predicted molar refractivity (Wildman–Crippen MR) is 97.5 cm³/mol. The van der Waals surface area contributed by atoms with Crippen LogP contribution in [0, 0.1) is 6.57 Å². The van der Waals surface area contributed by atoms with E-state index in [0.29, 0.717) is 27.3 Å². The minimum absolute atomic E-state index is 0.429. The number of nitrogens with zero attached hydrogens (tertiary/aromatic N) is 3. The van der Waals surface area contributed by atoms with Crippen LogP contribution in [-0.4, -0.2) is 17.5 Å². The third kappa shape index (κ3) is 2.28. The van der Waals surface area contributed by atoms with Crippen LogP contribution in [0.4, 0.5) is 5.69 Å². The Labute approximate surface area is 139 Å². The fraction of sp³-hybridized carbons (Fsp3) is 0.529.